The van der Waals surface area contributed by atoms with Crippen LogP contribution in [0.4, 0.5) is 18.0 Å². The summed E-state index contributed by atoms with van der Waals surface area (Å²) in [5.74, 6) is 0.670. The number of carbonyl (C=O) groups excluding carboxylic acids is 1. The Bertz CT molecular complexity index is 1280. The maximum atomic E-state index is 13.0. The van der Waals surface area contributed by atoms with Crippen LogP contribution in [0.25, 0.3) is 0 Å². The van der Waals surface area contributed by atoms with Gasteiger partial charge < -0.3 is 9.64 Å². The molecule has 0 spiro atoms. The molecule has 2 heterocycles. The van der Waals surface area contributed by atoms with E-state index in [2.05, 4.69) is 11.8 Å². The monoisotopic (exact) mass is 593 g/mol. The van der Waals surface area contributed by atoms with Gasteiger partial charge in [0.15, 0.2) is 0 Å². The maximum absolute atomic E-state index is 13.0. The van der Waals surface area contributed by atoms with E-state index in [1.807, 2.05) is 4.72 Å². The van der Waals surface area contributed by atoms with E-state index in [1.54, 1.807) is 18.2 Å². The number of hydrogen-bond acceptors (Lipinski definition) is 5. The number of rotatable bonds is 5. The highest BCUT2D eigenvalue weighted by Gasteiger charge is 2.39. The third-order valence-electron chi connectivity index (χ3n) is 7.22. The molecule has 2 fully saturated rings. The van der Waals surface area contributed by atoms with E-state index in [9.17, 15) is 26.4 Å². The first-order chi connectivity index (χ1) is 17.8. The fourth-order valence-corrected chi connectivity index (χ4v) is 6.15. The lowest BCUT2D eigenvalue weighted by Gasteiger charge is -2.49. The molecule has 4 rings (SSSR count). The highest BCUT2D eigenvalue weighted by atomic mass is 35.5. The molecule has 0 saturated carbocycles. The molecule has 1 N–H and O–H groups in total. The predicted molar refractivity (Wildman–Crippen MR) is 138 cm³/mol. The van der Waals surface area contributed by atoms with Crippen LogP contribution in [0.15, 0.2) is 47.4 Å². The Kier molecular flexibility index (Phi) is 8.42. The van der Waals surface area contributed by atoms with Crippen molar-refractivity contribution in [2.24, 2.45) is 0 Å². The summed E-state index contributed by atoms with van der Waals surface area (Å²) in [5.41, 5.74) is -1.28. The highest BCUT2D eigenvalue weighted by molar-refractivity contribution is 7.90. The van der Waals surface area contributed by atoms with Crippen LogP contribution >= 0.6 is 23.2 Å². The van der Waals surface area contributed by atoms with Crippen molar-refractivity contribution in [3.63, 3.8) is 0 Å². The molecule has 0 aromatic heterocycles. The minimum atomic E-state index is -4.70. The van der Waals surface area contributed by atoms with Crippen LogP contribution in [0, 0.1) is 0 Å². The number of amides is 2. The zero-order valence-electron chi connectivity index (χ0n) is 20.6. The Morgan fingerprint density at radius 2 is 1.68 bits per heavy atom. The Morgan fingerprint density at radius 3 is 2.29 bits per heavy atom. The number of likely N-dealkylation sites (tertiary alicyclic amines) is 2. The molecule has 38 heavy (non-hydrogen) atoms. The summed E-state index contributed by atoms with van der Waals surface area (Å²) in [7, 11) is -4.46. The van der Waals surface area contributed by atoms with Crippen molar-refractivity contribution in [1.29, 1.82) is 0 Å². The van der Waals surface area contributed by atoms with E-state index in [4.69, 9.17) is 27.9 Å². The smallest absolute Gasteiger partial charge is 0.416 e. The van der Waals surface area contributed by atoms with Crippen LogP contribution in [0.2, 0.25) is 10.0 Å². The van der Waals surface area contributed by atoms with Gasteiger partial charge in [-0.3, -0.25) is 4.90 Å². The zero-order chi connectivity index (χ0) is 27.7. The van der Waals surface area contributed by atoms with Crippen molar-refractivity contribution >= 4 is 39.3 Å². The molecule has 2 aliphatic rings. The molecule has 7 nitrogen and oxygen atoms in total. The Morgan fingerprint density at radius 1 is 1.03 bits per heavy atom. The van der Waals surface area contributed by atoms with Gasteiger partial charge in [-0.2, -0.15) is 13.2 Å². The van der Waals surface area contributed by atoms with Crippen LogP contribution in [0.5, 0.6) is 5.75 Å². The number of sulfonamides is 1. The number of nitrogens with one attached hydrogen (secondary N) is 1. The summed E-state index contributed by atoms with van der Waals surface area (Å²) in [5, 5.41) is 0.905. The summed E-state index contributed by atoms with van der Waals surface area (Å²) >= 11 is 12.0. The van der Waals surface area contributed by atoms with E-state index >= 15 is 0 Å². The van der Waals surface area contributed by atoms with Crippen LogP contribution in [-0.4, -0.2) is 62.1 Å². The second-order valence-electron chi connectivity index (χ2n) is 9.80. The minimum absolute atomic E-state index is 0.0408. The Labute approximate surface area is 229 Å². The maximum Gasteiger partial charge on any atom is 0.416 e. The summed E-state index contributed by atoms with van der Waals surface area (Å²) < 4.78 is 72.0. The van der Waals surface area contributed by atoms with Gasteiger partial charge >= 0.3 is 12.2 Å². The molecule has 0 aliphatic carbocycles. The fraction of sp³-hybridized carbons (Fsp3) is 0.480. The molecular weight excluding hydrogens is 566 g/mol. The van der Waals surface area contributed by atoms with Crippen molar-refractivity contribution in [3.05, 3.63) is 58.1 Å². The van der Waals surface area contributed by atoms with Gasteiger partial charge in [0.25, 0.3) is 10.0 Å². The molecule has 0 radical (unpaired) electrons. The van der Waals surface area contributed by atoms with Gasteiger partial charge in [0.1, 0.15) is 11.9 Å². The van der Waals surface area contributed by atoms with E-state index in [0.29, 0.717) is 47.8 Å². The molecule has 2 aromatic rings. The summed E-state index contributed by atoms with van der Waals surface area (Å²) in [6.45, 7) is 4.37. The van der Waals surface area contributed by atoms with E-state index in [-0.39, 0.29) is 11.6 Å². The number of urea groups is 1. The molecule has 0 atom stereocenters. The predicted octanol–water partition coefficient (Wildman–Crippen LogP) is 5.81. The summed E-state index contributed by atoms with van der Waals surface area (Å²) in [6.07, 6.45) is -1.77. The van der Waals surface area contributed by atoms with Gasteiger partial charge in [-0.1, -0.05) is 29.3 Å². The minimum Gasteiger partial charge on any atom is -0.490 e. The number of halogens is 5. The lowest BCUT2D eigenvalue weighted by molar-refractivity contribution is -0.137. The first-order valence-corrected chi connectivity index (χ1v) is 14.4. The zero-order valence-corrected chi connectivity index (χ0v) is 22.9. The number of ether oxygens (including phenoxy) is 1. The lowest BCUT2D eigenvalue weighted by Crippen LogP contribution is -2.58. The molecular formula is C25H28Cl2F3N3O4S. The summed E-state index contributed by atoms with van der Waals surface area (Å²) in [6, 6.07) is 7.64. The van der Waals surface area contributed by atoms with Gasteiger partial charge in [-0.25, -0.2) is 17.9 Å². The average molecular weight is 594 g/mol. The third-order valence-corrected chi connectivity index (χ3v) is 9.28. The van der Waals surface area contributed by atoms with Crippen LogP contribution in [-0.2, 0) is 16.2 Å². The molecule has 2 aromatic carbocycles. The van der Waals surface area contributed by atoms with Crippen molar-refractivity contribution in [2.45, 2.75) is 55.3 Å². The van der Waals surface area contributed by atoms with Crippen molar-refractivity contribution in [3.8, 4) is 5.75 Å². The third kappa shape index (κ3) is 6.67. The molecule has 2 saturated heterocycles. The molecule has 0 bridgehead atoms. The lowest BCUT2D eigenvalue weighted by atomic mass is 9.86. The number of hydrogen-bond donors (Lipinski definition) is 1. The quantitative estimate of drug-likeness (QED) is 0.473. The van der Waals surface area contributed by atoms with Gasteiger partial charge in [-0.05, 0) is 62.9 Å². The second kappa shape index (κ2) is 11.1. The van der Waals surface area contributed by atoms with E-state index in [0.717, 1.165) is 44.1 Å². The topological polar surface area (TPSA) is 79.0 Å². The van der Waals surface area contributed by atoms with E-state index < -0.39 is 32.7 Å². The highest BCUT2D eigenvalue weighted by Crippen LogP contribution is 2.34. The van der Waals surface area contributed by atoms with Crippen molar-refractivity contribution < 1.29 is 31.1 Å². The normalized spacial score (nSPS) is 19.3. The SMILES string of the molecule is CC1(N2CCC(Oc3ccc(Cl)c(Cl)c3)CC2)CCN(C(=O)NS(=O)(=O)c2cccc(C(F)(F)F)c2)CC1. The number of benzene rings is 2. The van der Waals surface area contributed by atoms with Crippen LogP contribution in [0.1, 0.15) is 38.2 Å². The fourth-order valence-electron chi connectivity index (χ4n) is 4.84. The molecule has 13 heteroatoms. The number of piperidine rings is 2. The van der Waals surface area contributed by atoms with E-state index in [1.165, 1.54) is 4.90 Å². The standard InChI is InChI=1S/C25H28Cl2F3N3O4S/c1-24(33-11-7-18(8-12-33)37-19-5-6-21(26)22(27)16-19)9-13-32(14-10-24)23(34)31-38(35,36)20-4-2-3-17(15-20)25(28,29)30/h2-6,15-16,18H,7-14H2,1H3,(H,31,34). The largest absolute Gasteiger partial charge is 0.490 e. The first-order valence-electron chi connectivity index (χ1n) is 12.1. The number of nitrogens with zero attached hydrogens (tertiary/aromatic N) is 2. The number of alkyl halides is 3. The second-order valence-corrected chi connectivity index (χ2v) is 12.3. The van der Waals surface area contributed by atoms with Gasteiger partial charge in [0.2, 0.25) is 0 Å². The van der Waals surface area contributed by atoms with Crippen LogP contribution < -0.4 is 9.46 Å². The molecule has 208 valence electrons. The van der Waals surface area contributed by atoms with Crippen LogP contribution in [0.3, 0.4) is 0 Å². The molecule has 0 unspecified atom stereocenters. The Hall–Kier alpha value is -2.21. The van der Waals surface area contributed by atoms with Crippen molar-refractivity contribution in [2.75, 3.05) is 26.2 Å². The Balaban J connectivity index is 1.29. The first kappa shape index (κ1) is 28.8. The molecule has 2 amide bonds. The van der Waals surface area contributed by atoms with Gasteiger partial charge in [-0.15, -0.1) is 0 Å². The average Bonchev–Trinajstić information content (AvgIpc) is 2.86. The molecule has 2 aliphatic heterocycles. The number of carbonyl (C=O) groups is 1. The summed E-state index contributed by atoms with van der Waals surface area (Å²) in [4.78, 5) is 15.8. The van der Waals surface area contributed by atoms with Crippen molar-refractivity contribution in [1.82, 2.24) is 14.5 Å². The van der Waals surface area contributed by atoms with Gasteiger partial charge in [0.05, 0.1) is 20.5 Å². The van der Waals surface area contributed by atoms with Gasteiger partial charge in [0, 0.05) is 37.8 Å².